The topological polar surface area (TPSA) is 38.3 Å². The van der Waals surface area contributed by atoms with Crippen LogP contribution in [-0.2, 0) is 17.6 Å². The van der Waals surface area contributed by atoms with Crippen LogP contribution in [0.1, 0.15) is 29.0 Å². The third-order valence-corrected chi connectivity index (χ3v) is 5.15. The van der Waals surface area contributed by atoms with Crippen molar-refractivity contribution in [3.05, 3.63) is 59.2 Å². The average Bonchev–Trinajstić information content (AvgIpc) is 3.18. The molecule has 0 fully saturated rings. The summed E-state index contributed by atoms with van der Waals surface area (Å²) in [7, 11) is 0. The van der Waals surface area contributed by atoms with Crippen LogP contribution in [0.5, 0.6) is 5.75 Å². The first-order valence-electron chi connectivity index (χ1n) is 7.61. The van der Waals surface area contributed by atoms with Gasteiger partial charge in [0.2, 0.25) is 5.91 Å². The van der Waals surface area contributed by atoms with Crippen LogP contribution < -0.4 is 9.46 Å². The van der Waals surface area contributed by atoms with Crippen LogP contribution >= 0.6 is 11.9 Å². The second-order valence-electron chi connectivity index (χ2n) is 5.75. The first kappa shape index (κ1) is 13.7. The highest BCUT2D eigenvalue weighted by Gasteiger charge is 2.30. The molecule has 2 aromatic rings. The zero-order valence-electron chi connectivity index (χ0n) is 12.2. The van der Waals surface area contributed by atoms with E-state index in [1.54, 1.807) is 0 Å². The second-order valence-corrected chi connectivity index (χ2v) is 6.63. The summed E-state index contributed by atoms with van der Waals surface area (Å²) < 4.78 is 8.55. The van der Waals surface area contributed by atoms with Gasteiger partial charge in [-0.15, -0.1) is 0 Å². The fourth-order valence-electron chi connectivity index (χ4n) is 3.17. The van der Waals surface area contributed by atoms with Gasteiger partial charge in [0, 0.05) is 10.5 Å². The second kappa shape index (κ2) is 5.69. The van der Waals surface area contributed by atoms with Crippen LogP contribution in [-0.4, -0.2) is 12.5 Å². The van der Waals surface area contributed by atoms with Gasteiger partial charge in [0.1, 0.15) is 18.3 Å². The minimum atomic E-state index is -0.210. The van der Waals surface area contributed by atoms with E-state index in [0.717, 1.165) is 22.6 Å². The lowest BCUT2D eigenvalue weighted by molar-refractivity contribution is -0.120. The van der Waals surface area contributed by atoms with Crippen molar-refractivity contribution in [2.75, 3.05) is 6.61 Å². The van der Waals surface area contributed by atoms with Crippen LogP contribution in [0.2, 0.25) is 0 Å². The van der Waals surface area contributed by atoms with Gasteiger partial charge in [0.05, 0.1) is 0 Å². The molecule has 1 heterocycles. The van der Waals surface area contributed by atoms with Gasteiger partial charge in [-0.3, -0.25) is 9.52 Å². The molecule has 0 saturated heterocycles. The molecule has 1 unspecified atom stereocenters. The fraction of sp³-hybridized carbons (Fsp3) is 0.278. The number of amides is 1. The highest BCUT2D eigenvalue weighted by Crippen LogP contribution is 2.34. The van der Waals surface area contributed by atoms with E-state index in [1.165, 1.54) is 35.9 Å². The molecule has 2 aliphatic rings. The van der Waals surface area contributed by atoms with Crippen molar-refractivity contribution in [2.45, 2.75) is 30.1 Å². The number of carbonyl (C=O) groups is 1. The van der Waals surface area contributed by atoms with Crippen molar-refractivity contribution >= 4 is 17.9 Å². The Kier molecular flexibility index (Phi) is 3.54. The Hall–Kier alpha value is -1.94. The minimum Gasteiger partial charge on any atom is -0.492 e. The first-order valence-corrected chi connectivity index (χ1v) is 8.43. The Bertz CT molecular complexity index is 729. The number of para-hydroxylation sites is 1. The van der Waals surface area contributed by atoms with Crippen LogP contribution in [0.3, 0.4) is 0 Å². The summed E-state index contributed by atoms with van der Waals surface area (Å²) in [5.41, 5.74) is 3.86. The Morgan fingerprint density at radius 2 is 2.00 bits per heavy atom. The zero-order chi connectivity index (χ0) is 14.9. The highest BCUT2D eigenvalue weighted by atomic mass is 32.2. The van der Waals surface area contributed by atoms with E-state index in [1.807, 2.05) is 24.3 Å². The maximum atomic E-state index is 12.4. The van der Waals surface area contributed by atoms with E-state index in [9.17, 15) is 4.79 Å². The van der Waals surface area contributed by atoms with Crippen LogP contribution in [0.4, 0.5) is 0 Å². The van der Waals surface area contributed by atoms with E-state index >= 15 is 0 Å². The molecule has 2 aromatic carbocycles. The molecule has 0 saturated carbocycles. The number of hydrogen-bond acceptors (Lipinski definition) is 3. The van der Waals surface area contributed by atoms with Gasteiger partial charge in [-0.25, -0.2) is 0 Å². The number of rotatable bonds is 3. The van der Waals surface area contributed by atoms with Crippen LogP contribution in [0, 0.1) is 0 Å². The molecule has 22 heavy (non-hydrogen) atoms. The van der Waals surface area contributed by atoms with Crippen molar-refractivity contribution in [3.8, 4) is 5.75 Å². The summed E-state index contributed by atoms with van der Waals surface area (Å²) in [6, 6.07) is 14.2. The Morgan fingerprint density at radius 3 is 2.95 bits per heavy atom. The standard InChI is InChI=1S/C18H17NO2S/c20-18(16-11-21-17-7-2-1-6-15(16)17)19-22-14-9-8-12-4-3-5-13(12)10-14/h1-2,6-10,16H,3-5,11H2,(H,19,20). The summed E-state index contributed by atoms with van der Waals surface area (Å²) in [5, 5.41) is 0. The SMILES string of the molecule is O=C(NSc1ccc2c(c1)CCC2)C1COc2ccccc21. The molecule has 4 heteroatoms. The first-order chi connectivity index (χ1) is 10.8. The Morgan fingerprint density at radius 1 is 1.14 bits per heavy atom. The molecular formula is C18H17NO2S. The van der Waals surface area contributed by atoms with Crippen molar-refractivity contribution in [1.29, 1.82) is 0 Å². The summed E-state index contributed by atoms with van der Waals surface area (Å²) in [6.07, 6.45) is 3.58. The number of aryl methyl sites for hydroxylation is 2. The number of hydrogen-bond donors (Lipinski definition) is 1. The molecule has 0 bridgehead atoms. The number of fused-ring (bicyclic) bond motifs is 2. The molecule has 0 radical (unpaired) electrons. The van der Waals surface area contributed by atoms with Crippen LogP contribution in [0.15, 0.2) is 47.4 Å². The summed E-state index contributed by atoms with van der Waals surface area (Å²) >= 11 is 1.40. The van der Waals surface area contributed by atoms with E-state index in [2.05, 4.69) is 22.9 Å². The molecule has 3 nitrogen and oxygen atoms in total. The maximum Gasteiger partial charge on any atom is 0.241 e. The van der Waals surface area contributed by atoms with Gasteiger partial charge in [0.15, 0.2) is 0 Å². The lowest BCUT2D eigenvalue weighted by Crippen LogP contribution is -2.25. The quantitative estimate of drug-likeness (QED) is 0.882. The third-order valence-electron chi connectivity index (χ3n) is 4.36. The van der Waals surface area contributed by atoms with E-state index in [4.69, 9.17) is 4.74 Å². The van der Waals surface area contributed by atoms with Gasteiger partial charge >= 0.3 is 0 Å². The molecule has 1 aliphatic carbocycles. The lowest BCUT2D eigenvalue weighted by atomic mass is 10.0. The van der Waals surface area contributed by atoms with E-state index < -0.39 is 0 Å². The lowest BCUT2D eigenvalue weighted by Gasteiger charge is -2.10. The van der Waals surface area contributed by atoms with Crippen LogP contribution in [0.25, 0.3) is 0 Å². The summed E-state index contributed by atoms with van der Waals surface area (Å²) in [5.74, 6) is 0.624. The van der Waals surface area contributed by atoms with Crippen molar-refractivity contribution in [1.82, 2.24) is 4.72 Å². The van der Waals surface area contributed by atoms with Gasteiger partial charge < -0.3 is 4.74 Å². The number of carbonyl (C=O) groups excluding carboxylic acids is 1. The normalized spacial score (nSPS) is 18.5. The largest absolute Gasteiger partial charge is 0.492 e. The molecule has 1 aliphatic heterocycles. The van der Waals surface area contributed by atoms with Crippen molar-refractivity contribution in [3.63, 3.8) is 0 Å². The van der Waals surface area contributed by atoms with Crippen molar-refractivity contribution < 1.29 is 9.53 Å². The molecular weight excluding hydrogens is 294 g/mol. The smallest absolute Gasteiger partial charge is 0.241 e. The van der Waals surface area contributed by atoms with Gasteiger partial charge in [-0.1, -0.05) is 24.3 Å². The summed E-state index contributed by atoms with van der Waals surface area (Å²) in [6.45, 7) is 0.427. The van der Waals surface area contributed by atoms with Gasteiger partial charge in [-0.05, 0) is 60.5 Å². The van der Waals surface area contributed by atoms with Gasteiger partial charge in [-0.2, -0.15) is 0 Å². The number of nitrogens with one attached hydrogen (secondary N) is 1. The minimum absolute atomic E-state index is 0.00967. The Balaban J connectivity index is 1.43. The third kappa shape index (κ3) is 2.48. The van der Waals surface area contributed by atoms with E-state index in [0.29, 0.717) is 6.61 Å². The summed E-state index contributed by atoms with van der Waals surface area (Å²) in [4.78, 5) is 13.5. The average molecular weight is 311 g/mol. The molecule has 112 valence electrons. The number of ether oxygens (including phenoxy) is 1. The zero-order valence-corrected chi connectivity index (χ0v) is 13.0. The Labute approximate surface area is 134 Å². The van der Waals surface area contributed by atoms with E-state index in [-0.39, 0.29) is 11.8 Å². The molecule has 4 rings (SSSR count). The molecule has 1 N–H and O–H groups in total. The highest BCUT2D eigenvalue weighted by molar-refractivity contribution is 7.98. The number of benzene rings is 2. The fourth-order valence-corrected chi connectivity index (χ4v) is 3.87. The van der Waals surface area contributed by atoms with Crippen molar-refractivity contribution in [2.24, 2.45) is 0 Å². The molecule has 0 spiro atoms. The van der Waals surface area contributed by atoms with Gasteiger partial charge in [0.25, 0.3) is 0 Å². The predicted octanol–water partition coefficient (Wildman–Crippen LogP) is 3.47. The molecule has 1 atom stereocenters. The molecule has 1 amide bonds. The maximum absolute atomic E-state index is 12.4. The molecule has 0 aromatic heterocycles. The monoisotopic (exact) mass is 311 g/mol. The predicted molar refractivity (Wildman–Crippen MR) is 87.1 cm³/mol.